The minimum Gasteiger partial charge on any atom is -0.390 e. The third-order valence-corrected chi connectivity index (χ3v) is 6.31. The van der Waals surface area contributed by atoms with Crippen LogP contribution >= 0.6 is 0 Å². The molecule has 2 fully saturated rings. The smallest absolute Gasteiger partial charge is 0.276 e. The van der Waals surface area contributed by atoms with E-state index in [0.717, 1.165) is 31.2 Å². The van der Waals surface area contributed by atoms with Gasteiger partial charge in [0.15, 0.2) is 5.69 Å². The topological polar surface area (TPSA) is 84.4 Å². The summed E-state index contributed by atoms with van der Waals surface area (Å²) in [5, 5.41) is 18.7. The average Bonchev–Trinajstić information content (AvgIpc) is 3.24. The number of rotatable bonds is 3. The maximum absolute atomic E-state index is 13.0. The van der Waals surface area contributed by atoms with Gasteiger partial charge in [-0.05, 0) is 45.6 Å². The number of likely N-dealkylation sites (tertiary alicyclic amines) is 1. The second kappa shape index (κ2) is 5.69. The Morgan fingerprint density at radius 3 is 2.64 bits per heavy atom. The highest BCUT2D eigenvalue weighted by atomic mass is 16.5. The van der Waals surface area contributed by atoms with Gasteiger partial charge in [0, 0.05) is 36.5 Å². The maximum atomic E-state index is 13.0. The van der Waals surface area contributed by atoms with E-state index in [1.165, 1.54) is 0 Å². The number of hydrogen-bond acceptors (Lipinski definition) is 5. The van der Waals surface area contributed by atoms with Gasteiger partial charge in [-0.2, -0.15) is 5.10 Å². The molecule has 2 aromatic heterocycles. The summed E-state index contributed by atoms with van der Waals surface area (Å²) in [7, 11) is 0. The maximum Gasteiger partial charge on any atom is 0.276 e. The van der Waals surface area contributed by atoms with Crippen LogP contribution in [-0.4, -0.2) is 49.5 Å². The molecule has 3 heterocycles. The van der Waals surface area contributed by atoms with Crippen molar-refractivity contribution in [2.75, 3.05) is 13.1 Å². The molecular formula is C18H24N4O3. The number of aryl methyl sites for hydroxylation is 1. The van der Waals surface area contributed by atoms with Crippen LogP contribution in [0.25, 0.3) is 0 Å². The molecule has 4 rings (SSSR count). The Morgan fingerprint density at radius 2 is 2.08 bits per heavy atom. The fourth-order valence-electron chi connectivity index (χ4n) is 4.22. The van der Waals surface area contributed by atoms with E-state index in [2.05, 4.69) is 10.3 Å². The molecule has 134 valence electrons. The molecule has 1 saturated heterocycles. The highest BCUT2D eigenvalue weighted by Crippen LogP contribution is 2.56. The Kier molecular flexibility index (Phi) is 3.72. The molecule has 1 N–H and O–H groups in total. The molecule has 7 nitrogen and oxygen atoms in total. The lowest BCUT2D eigenvalue weighted by Gasteiger charge is -2.58. The second-order valence-electron chi connectivity index (χ2n) is 7.62. The molecule has 2 aromatic rings. The quantitative estimate of drug-likeness (QED) is 0.920. The summed E-state index contributed by atoms with van der Waals surface area (Å²) >= 11 is 0. The molecule has 2 aliphatic rings. The summed E-state index contributed by atoms with van der Waals surface area (Å²) in [5.74, 6) is 0.557. The SMILES string of the molecule is Cc1onc(C(=O)N2CCC3(CC2)CCC3(C)O)c1Cn1cccn1. The average molecular weight is 344 g/mol. The van der Waals surface area contributed by atoms with Gasteiger partial charge in [0.1, 0.15) is 5.76 Å². The van der Waals surface area contributed by atoms with Gasteiger partial charge >= 0.3 is 0 Å². The molecule has 0 aromatic carbocycles. The van der Waals surface area contributed by atoms with Crippen molar-refractivity contribution < 1.29 is 14.4 Å². The van der Waals surface area contributed by atoms with Gasteiger partial charge in [-0.15, -0.1) is 0 Å². The van der Waals surface area contributed by atoms with E-state index in [1.807, 2.05) is 31.0 Å². The lowest BCUT2D eigenvalue weighted by molar-refractivity contribution is -0.174. The number of aliphatic hydroxyl groups is 1. The van der Waals surface area contributed by atoms with Crippen LogP contribution in [0.5, 0.6) is 0 Å². The van der Waals surface area contributed by atoms with E-state index in [9.17, 15) is 9.90 Å². The Bertz CT molecular complexity index is 770. The lowest BCUT2D eigenvalue weighted by atomic mass is 9.53. The number of carbonyl (C=O) groups is 1. The van der Waals surface area contributed by atoms with Gasteiger partial charge in [-0.25, -0.2) is 0 Å². The highest BCUT2D eigenvalue weighted by Gasteiger charge is 2.56. The van der Waals surface area contributed by atoms with Crippen molar-refractivity contribution in [3.63, 3.8) is 0 Å². The normalized spacial score (nSPS) is 25.2. The first-order valence-corrected chi connectivity index (χ1v) is 8.86. The van der Waals surface area contributed by atoms with Crippen LogP contribution in [-0.2, 0) is 6.54 Å². The van der Waals surface area contributed by atoms with Gasteiger partial charge in [0.05, 0.1) is 12.1 Å². The number of amides is 1. The van der Waals surface area contributed by atoms with Gasteiger partial charge in [0.2, 0.25) is 0 Å². The summed E-state index contributed by atoms with van der Waals surface area (Å²) in [6, 6.07) is 1.85. The van der Waals surface area contributed by atoms with E-state index >= 15 is 0 Å². The Labute approximate surface area is 146 Å². The molecule has 1 aliphatic carbocycles. The summed E-state index contributed by atoms with van der Waals surface area (Å²) < 4.78 is 7.04. The molecule has 1 amide bonds. The Hall–Kier alpha value is -2.15. The molecule has 1 spiro atoms. The first-order valence-electron chi connectivity index (χ1n) is 8.86. The van der Waals surface area contributed by atoms with Crippen molar-refractivity contribution in [1.29, 1.82) is 0 Å². The predicted molar refractivity (Wildman–Crippen MR) is 90.0 cm³/mol. The van der Waals surface area contributed by atoms with Crippen molar-refractivity contribution in [2.24, 2.45) is 5.41 Å². The van der Waals surface area contributed by atoms with Gasteiger partial charge in [-0.1, -0.05) is 5.16 Å². The van der Waals surface area contributed by atoms with Crippen molar-refractivity contribution in [2.45, 2.75) is 51.7 Å². The van der Waals surface area contributed by atoms with E-state index in [0.29, 0.717) is 31.1 Å². The van der Waals surface area contributed by atoms with Gasteiger partial charge in [-0.3, -0.25) is 9.48 Å². The number of nitrogens with zero attached hydrogens (tertiary/aromatic N) is 4. The van der Waals surface area contributed by atoms with E-state index in [4.69, 9.17) is 4.52 Å². The number of carbonyl (C=O) groups excluding carboxylic acids is 1. The monoisotopic (exact) mass is 344 g/mol. The van der Waals surface area contributed by atoms with Crippen molar-refractivity contribution in [3.8, 4) is 0 Å². The van der Waals surface area contributed by atoms with Crippen LogP contribution in [0.2, 0.25) is 0 Å². The van der Waals surface area contributed by atoms with E-state index in [-0.39, 0.29) is 11.3 Å². The second-order valence-corrected chi connectivity index (χ2v) is 7.62. The fraction of sp³-hybridized carbons (Fsp3) is 0.611. The summed E-state index contributed by atoms with van der Waals surface area (Å²) in [6.45, 7) is 5.52. The number of hydrogen-bond donors (Lipinski definition) is 1. The minimum atomic E-state index is -0.585. The van der Waals surface area contributed by atoms with Crippen LogP contribution in [0, 0.1) is 12.3 Å². The van der Waals surface area contributed by atoms with Crippen molar-refractivity contribution in [1.82, 2.24) is 19.8 Å². The van der Waals surface area contributed by atoms with Crippen LogP contribution in [0.4, 0.5) is 0 Å². The number of aromatic nitrogens is 3. The first kappa shape index (κ1) is 16.3. The largest absolute Gasteiger partial charge is 0.390 e. The third kappa shape index (κ3) is 2.57. The molecule has 0 radical (unpaired) electrons. The Balaban J connectivity index is 1.49. The molecule has 1 atom stereocenters. The first-order chi connectivity index (χ1) is 11.9. The molecular weight excluding hydrogens is 320 g/mol. The van der Waals surface area contributed by atoms with Crippen LogP contribution in [0.3, 0.4) is 0 Å². The summed E-state index contributed by atoms with van der Waals surface area (Å²) in [5.41, 5.74) is 0.563. The fourth-order valence-corrected chi connectivity index (χ4v) is 4.22. The van der Waals surface area contributed by atoms with E-state index < -0.39 is 5.60 Å². The van der Waals surface area contributed by atoms with E-state index in [1.54, 1.807) is 10.9 Å². The van der Waals surface area contributed by atoms with Crippen LogP contribution in [0.1, 0.15) is 54.4 Å². The van der Waals surface area contributed by atoms with Gasteiger partial charge in [0.25, 0.3) is 5.91 Å². The van der Waals surface area contributed by atoms with Crippen LogP contribution in [0.15, 0.2) is 23.0 Å². The predicted octanol–water partition coefficient (Wildman–Crippen LogP) is 2.00. The summed E-state index contributed by atoms with van der Waals surface area (Å²) in [6.07, 6.45) is 7.16. The zero-order valence-electron chi connectivity index (χ0n) is 14.7. The lowest BCUT2D eigenvalue weighted by Crippen LogP contribution is -2.60. The van der Waals surface area contributed by atoms with Crippen molar-refractivity contribution >= 4 is 5.91 Å². The standard InChI is InChI=1S/C18H24N4O3/c1-13-14(12-22-9-3-8-19-22)15(20-25-13)16(23)21-10-6-18(7-11-21)5-4-17(18,2)24/h3,8-9,24H,4-7,10-12H2,1-2H3. The zero-order chi connectivity index (χ0) is 17.7. The highest BCUT2D eigenvalue weighted by molar-refractivity contribution is 5.93. The zero-order valence-corrected chi connectivity index (χ0v) is 14.7. The molecule has 1 aliphatic heterocycles. The summed E-state index contributed by atoms with van der Waals surface area (Å²) in [4.78, 5) is 14.8. The molecule has 25 heavy (non-hydrogen) atoms. The molecule has 0 bridgehead atoms. The Morgan fingerprint density at radius 1 is 1.32 bits per heavy atom. The van der Waals surface area contributed by atoms with Crippen molar-refractivity contribution in [3.05, 3.63) is 35.5 Å². The minimum absolute atomic E-state index is 0.0125. The van der Waals surface area contributed by atoms with Crippen LogP contribution < -0.4 is 0 Å². The third-order valence-electron chi connectivity index (χ3n) is 6.31. The molecule has 7 heteroatoms. The molecule has 1 saturated carbocycles. The molecule has 1 unspecified atom stereocenters. The van der Waals surface area contributed by atoms with Gasteiger partial charge < -0.3 is 14.5 Å². The number of piperidine rings is 1.